The van der Waals surface area contributed by atoms with Crippen LogP contribution in [0, 0.1) is 6.92 Å². The molecule has 0 spiro atoms. The Hall–Kier alpha value is -2.63. The zero-order valence-electron chi connectivity index (χ0n) is 14.1. The lowest BCUT2D eigenvalue weighted by Crippen LogP contribution is -2.38. The largest absolute Gasteiger partial charge is 0.451 e. The molecule has 0 radical (unpaired) electrons. The number of hydrogen-bond donors (Lipinski definition) is 2. The van der Waals surface area contributed by atoms with Crippen molar-refractivity contribution in [1.82, 2.24) is 10.6 Å². The highest BCUT2D eigenvalue weighted by atomic mass is 35.5. The Morgan fingerprint density at radius 2 is 1.88 bits per heavy atom. The number of benzene rings is 2. The second kappa shape index (κ2) is 8.17. The molecule has 3 rings (SSSR count). The molecule has 0 unspecified atom stereocenters. The van der Waals surface area contributed by atoms with Gasteiger partial charge in [-0.25, -0.2) is 0 Å². The van der Waals surface area contributed by atoms with E-state index in [4.69, 9.17) is 28.2 Å². The summed E-state index contributed by atoms with van der Waals surface area (Å²) in [5, 5.41) is 6.50. The second-order valence-electron chi connectivity index (χ2n) is 5.75. The van der Waals surface area contributed by atoms with E-state index in [9.17, 15) is 4.79 Å². The molecule has 0 aliphatic carbocycles. The minimum Gasteiger partial charge on any atom is -0.451 e. The van der Waals surface area contributed by atoms with Crippen molar-refractivity contribution in [3.8, 4) is 11.3 Å². The lowest BCUT2D eigenvalue weighted by atomic mass is 10.1. The average molecular weight is 385 g/mol. The van der Waals surface area contributed by atoms with Crippen molar-refractivity contribution in [3.05, 3.63) is 82.6 Å². The molecule has 4 nitrogen and oxygen atoms in total. The van der Waals surface area contributed by atoms with E-state index in [0.717, 1.165) is 16.7 Å². The first-order valence-electron chi connectivity index (χ1n) is 8.02. The van der Waals surface area contributed by atoms with Gasteiger partial charge in [0.05, 0.1) is 0 Å². The van der Waals surface area contributed by atoms with Gasteiger partial charge in [-0.05, 0) is 48.5 Å². The zero-order chi connectivity index (χ0) is 18.5. The molecule has 26 heavy (non-hydrogen) atoms. The van der Waals surface area contributed by atoms with Gasteiger partial charge in [-0.1, -0.05) is 54.1 Å². The molecule has 0 saturated carbocycles. The van der Waals surface area contributed by atoms with E-state index in [0.29, 0.717) is 17.3 Å². The fourth-order valence-corrected chi connectivity index (χ4v) is 2.69. The number of amides is 1. The van der Waals surface area contributed by atoms with Crippen molar-refractivity contribution in [1.29, 1.82) is 0 Å². The summed E-state index contributed by atoms with van der Waals surface area (Å²) < 4.78 is 5.63. The molecule has 1 heterocycles. The Labute approximate surface area is 162 Å². The maximum atomic E-state index is 12.3. The van der Waals surface area contributed by atoms with Crippen LogP contribution in [-0.4, -0.2) is 11.0 Å². The Balaban J connectivity index is 1.60. The van der Waals surface area contributed by atoms with Gasteiger partial charge in [0.1, 0.15) is 5.76 Å². The van der Waals surface area contributed by atoms with Gasteiger partial charge in [-0.2, -0.15) is 0 Å². The van der Waals surface area contributed by atoms with E-state index in [1.807, 2.05) is 55.5 Å². The lowest BCUT2D eigenvalue weighted by Gasteiger charge is -2.08. The third-order valence-corrected chi connectivity index (χ3v) is 4.46. The number of carbonyl (C=O) groups is 1. The number of carbonyl (C=O) groups excluding carboxylic acids is 1. The fourth-order valence-electron chi connectivity index (χ4n) is 2.35. The van der Waals surface area contributed by atoms with E-state index in [1.165, 1.54) is 0 Å². The van der Waals surface area contributed by atoms with Gasteiger partial charge in [0.15, 0.2) is 10.9 Å². The molecule has 132 valence electrons. The molecular formula is C20H17ClN2O2S. The molecule has 1 aromatic heterocycles. The third-order valence-electron chi connectivity index (χ3n) is 3.81. The molecule has 0 saturated heterocycles. The predicted molar refractivity (Wildman–Crippen MR) is 107 cm³/mol. The highest BCUT2D eigenvalue weighted by Gasteiger charge is 2.14. The minimum atomic E-state index is -0.403. The van der Waals surface area contributed by atoms with Crippen molar-refractivity contribution < 1.29 is 9.21 Å². The quantitative estimate of drug-likeness (QED) is 0.639. The third kappa shape index (κ3) is 4.50. The van der Waals surface area contributed by atoms with Gasteiger partial charge in [0.25, 0.3) is 5.91 Å². The molecule has 0 fully saturated rings. The van der Waals surface area contributed by atoms with Crippen LogP contribution in [0.1, 0.15) is 21.7 Å². The van der Waals surface area contributed by atoms with Gasteiger partial charge in [-0.15, -0.1) is 0 Å². The molecule has 1 amide bonds. The number of hydrogen-bond acceptors (Lipinski definition) is 3. The summed E-state index contributed by atoms with van der Waals surface area (Å²) in [6.07, 6.45) is 0. The fraction of sp³-hybridized carbons (Fsp3) is 0.100. The SMILES string of the molecule is Cc1ccc(-c2ccc(C(=O)NC(=S)NCc3ccccc3)o2)cc1Cl. The molecule has 0 aliphatic heterocycles. The molecule has 2 N–H and O–H groups in total. The second-order valence-corrected chi connectivity index (χ2v) is 6.57. The molecule has 0 aliphatic rings. The summed E-state index contributed by atoms with van der Waals surface area (Å²) in [7, 11) is 0. The maximum Gasteiger partial charge on any atom is 0.293 e. The van der Waals surface area contributed by atoms with Crippen LogP contribution < -0.4 is 10.6 Å². The first-order chi connectivity index (χ1) is 12.5. The van der Waals surface area contributed by atoms with Crippen LogP contribution in [0.4, 0.5) is 0 Å². The van der Waals surface area contributed by atoms with E-state index in [2.05, 4.69) is 10.6 Å². The molecule has 2 aromatic carbocycles. The highest BCUT2D eigenvalue weighted by Crippen LogP contribution is 2.26. The first kappa shape index (κ1) is 18.2. The van der Waals surface area contributed by atoms with Gasteiger partial charge < -0.3 is 9.73 Å². The van der Waals surface area contributed by atoms with Crippen LogP contribution >= 0.6 is 23.8 Å². The number of furan rings is 1. The summed E-state index contributed by atoms with van der Waals surface area (Å²) in [5.74, 6) is 0.348. The van der Waals surface area contributed by atoms with Gasteiger partial charge in [0, 0.05) is 17.1 Å². The molecule has 0 bridgehead atoms. The monoisotopic (exact) mass is 384 g/mol. The molecular weight excluding hydrogens is 368 g/mol. The maximum absolute atomic E-state index is 12.3. The zero-order valence-corrected chi connectivity index (χ0v) is 15.7. The van der Waals surface area contributed by atoms with Crippen molar-refractivity contribution in [2.75, 3.05) is 0 Å². The van der Waals surface area contributed by atoms with Crippen molar-refractivity contribution in [2.45, 2.75) is 13.5 Å². The Morgan fingerprint density at radius 1 is 1.12 bits per heavy atom. The summed E-state index contributed by atoms with van der Waals surface area (Å²) in [5.41, 5.74) is 2.86. The van der Waals surface area contributed by atoms with E-state index < -0.39 is 5.91 Å². The molecule has 0 atom stereocenters. The van der Waals surface area contributed by atoms with E-state index in [-0.39, 0.29) is 10.9 Å². The molecule has 6 heteroatoms. The van der Waals surface area contributed by atoms with Crippen LogP contribution in [0.5, 0.6) is 0 Å². The summed E-state index contributed by atoms with van der Waals surface area (Å²) in [4.78, 5) is 12.3. The summed E-state index contributed by atoms with van der Waals surface area (Å²) >= 11 is 11.3. The Bertz CT molecular complexity index is 938. The predicted octanol–water partition coefficient (Wildman–Crippen LogP) is 4.71. The number of rotatable bonds is 4. The smallest absolute Gasteiger partial charge is 0.293 e. The van der Waals surface area contributed by atoms with E-state index >= 15 is 0 Å². The summed E-state index contributed by atoms with van der Waals surface area (Å²) in [6.45, 7) is 2.46. The van der Waals surface area contributed by atoms with Crippen LogP contribution in [-0.2, 0) is 6.54 Å². The van der Waals surface area contributed by atoms with E-state index in [1.54, 1.807) is 12.1 Å². The average Bonchev–Trinajstić information content (AvgIpc) is 3.13. The van der Waals surface area contributed by atoms with Gasteiger partial charge in [-0.3, -0.25) is 10.1 Å². The Kier molecular flexibility index (Phi) is 5.71. The van der Waals surface area contributed by atoms with Crippen molar-refractivity contribution >= 4 is 34.8 Å². The normalized spacial score (nSPS) is 10.4. The number of thiocarbonyl (C=S) groups is 1. The highest BCUT2D eigenvalue weighted by molar-refractivity contribution is 7.80. The van der Waals surface area contributed by atoms with Crippen LogP contribution in [0.15, 0.2) is 65.1 Å². The number of nitrogens with one attached hydrogen (secondary N) is 2. The van der Waals surface area contributed by atoms with Crippen LogP contribution in [0.2, 0.25) is 5.02 Å². The number of aryl methyl sites for hydroxylation is 1. The van der Waals surface area contributed by atoms with Crippen LogP contribution in [0.3, 0.4) is 0 Å². The first-order valence-corrected chi connectivity index (χ1v) is 8.81. The number of halogens is 1. The van der Waals surface area contributed by atoms with Gasteiger partial charge >= 0.3 is 0 Å². The molecule has 3 aromatic rings. The summed E-state index contributed by atoms with van der Waals surface area (Å²) in [6, 6.07) is 18.7. The van der Waals surface area contributed by atoms with Gasteiger partial charge in [0.2, 0.25) is 0 Å². The lowest BCUT2D eigenvalue weighted by molar-refractivity contribution is 0.0950. The Morgan fingerprint density at radius 3 is 2.62 bits per heavy atom. The van der Waals surface area contributed by atoms with Crippen LogP contribution in [0.25, 0.3) is 11.3 Å². The topological polar surface area (TPSA) is 54.3 Å². The minimum absolute atomic E-state index is 0.181. The van der Waals surface area contributed by atoms with Crippen molar-refractivity contribution in [3.63, 3.8) is 0 Å². The standard InChI is InChI=1S/C20H17ClN2O2S/c1-13-7-8-15(11-16(13)21)17-9-10-18(25-17)19(24)23-20(26)22-12-14-5-3-2-4-6-14/h2-11H,12H2,1H3,(H2,22,23,24,26). The van der Waals surface area contributed by atoms with Crippen molar-refractivity contribution in [2.24, 2.45) is 0 Å².